The second-order valence-corrected chi connectivity index (χ2v) is 3.73. The molecule has 0 spiro atoms. The third-order valence-electron chi connectivity index (χ3n) is 2.23. The van der Waals surface area contributed by atoms with E-state index in [-0.39, 0.29) is 0 Å². The zero-order valence-corrected chi connectivity index (χ0v) is 10.7. The van der Waals surface area contributed by atoms with Crippen molar-refractivity contribution in [3.8, 4) is 0 Å². The summed E-state index contributed by atoms with van der Waals surface area (Å²) in [6.07, 6.45) is 2.95. The maximum Gasteiger partial charge on any atom is 0.125 e. The van der Waals surface area contributed by atoms with E-state index in [1.165, 1.54) is 0 Å². The fraction of sp³-hybridized carbons (Fsp3) is 0.615. The van der Waals surface area contributed by atoms with Crippen molar-refractivity contribution in [3.05, 3.63) is 23.9 Å². The van der Waals surface area contributed by atoms with Crippen molar-refractivity contribution in [1.29, 1.82) is 0 Å². The van der Waals surface area contributed by atoms with Crippen LogP contribution in [0.25, 0.3) is 0 Å². The van der Waals surface area contributed by atoms with Crippen molar-refractivity contribution in [1.82, 2.24) is 4.98 Å². The molecule has 1 rings (SSSR count). The summed E-state index contributed by atoms with van der Waals surface area (Å²) < 4.78 is 10.6. The fourth-order valence-corrected chi connectivity index (χ4v) is 1.32. The molecule has 0 saturated carbocycles. The highest BCUT2D eigenvalue weighted by Gasteiger charge is 1.96. The summed E-state index contributed by atoms with van der Waals surface area (Å²) >= 11 is 0. The zero-order valence-electron chi connectivity index (χ0n) is 10.7. The molecule has 1 aromatic heterocycles. The van der Waals surface area contributed by atoms with Crippen LogP contribution in [-0.4, -0.2) is 31.3 Å². The van der Waals surface area contributed by atoms with Crippen LogP contribution in [0.1, 0.15) is 25.8 Å². The normalized spacial score (nSPS) is 10.5. The van der Waals surface area contributed by atoms with Gasteiger partial charge >= 0.3 is 0 Å². The van der Waals surface area contributed by atoms with Crippen molar-refractivity contribution in [2.24, 2.45) is 0 Å². The van der Waals surface area contributed by atoms with Crippen molar-refractivity contribution in [3.63, 3.8) is 0 Å². The Balaban J connectivity index is 2.20. The SMILES string of the molecule is CCCNc1ccc(COCCOCC)cn1. The Morgan fingerprint density at radius 3 is 2.65 bits per heavy atom. The van der Waals surface area contributed by atoms with E-state index in [1.807, 2.05) is 25.3 Å². The van der Waals surface area contributed by atoms with E-state index in [0.717, 1.165) is 31.0 Å². The monoisotopic (exact) mass is 238 g/mol. The molecule has 0 bridgehead atoms. The lowest BCUT2D eigenvalue weighted by molar-refractivity contribution is 0.0452. The van der Waals surface area contributed by atoms with Crippen LogP contribution in [0.4, 0.5) is 5.82 Å². The highest BCUT2D eigenvalue weighted by Crippen LogP contribution is 2.06. The van der Waals surface area contributed by atoms with E-state index >= 15 is 0 Å². The third-order valence-corrected chi connectivity index (χ3v) is 2.23. The molecule has 4 heteroatoms. The lowest BCUT2D eigenvalue weighted by Gasteiger charge is -2.06. The van der Waals surface area contributed by atoms with Crippen LogP contribution in [0, 0.1) is 0 Å². The van der Waals surface area contributed by atoms with Gasteiger partial charge in [-0.1, -0.05) is 13.0 Å². The molecule has 0 fully saturated rings. The van der Waals surface area contributed by atoms with Crippen LogP contribution in [0.3, 0.4) is 0 Å². The topological polar surface area (TPSA) is 43.4 Å². The second kappa shape index (κ2) is 8.96. The highest BCUT2D eigenvalue weighted by molar-refractivity contribution is 5.35. The maximum atomic E-state index is 5.46. The lowest BCUT2D eigenvalue weighted by atomic mass is 10.3. The Bertz CT molecular complexity index is 288. The minimum absolute atomic E-state index is 0.591. The van der Waals surface area contributed by atoms with Crippen molar-refractivity contribution in [2.45, 2.75) is 26.9 Å². The molecule has 0 atom stereocenters. The molecule has 0 unspecified atom stereocenters. The number of pyridine rings is 1. The molecule has 1 N–H and O–H groups in total. The number of aromatic nitrogens is 1. The van der Waals surface area contributed by atoms with Crippen LogP contribution >= 0.6 is 0 Å². The standard InChI is InChI=1S/C13H22N2O2/c1-3-7-14-13-6-5-12(10-15-13)11-17-9-8-16-4-2/h5-6,10H,3-4,7-9,11H2,1-2H3,(H,14,15). The Morgan fingerprint density at radius 2 is 2.00 bits per heavy atom. The first kappa shape index (κ1) is 13.9. The first-order chi connectivity index (χ1) is 8.36. The molecule has 0 radical (unpaired) electrons. The quantitative estimate of drug-likeness (QED) is 0.671. The van der Waals surface area contributed by atoms with Crippen molar-refractivity contribution >= 4 is 5.82 Å². The van der Waals surface area contributed by atoms with Gasteiger partial charge in [0.15, 0.2) is 0 Å². The highest BCUT2D eigenvalue weighted by atomic mass is 16.5. The summed E-state index contributed by atoms with van der Waals surface area (Å²) in [4.78, 5) is 4.31. The average Bonchev–Trinajstić information content (AvgIpc) is 2.37. The van der Waals surface area contributed by atoms with Gasteiger partial charge in [-0.15, -0.1) is 0 Å². The summed E-state index contributed by atoms with van der Waals surface area (Å²) in [7, 11) is 0. The Kier molecular flexibility index (Phi) is 7.34. The molecule has 96 valence electrons. The van der Waals surface area contributed by atoms with Crippen LogP contribution in [0.2, 0.25) is 0 Å². The molecule has 0 aliphatic rings. The van der Waals surface area contributed by atoms with Crippen LogP contribution in [0.15, 0.2) is 18.3 Å². The van der Waals surface area contributed by atoms with Gasteiger partial charge in [-0.3, -0.25) is 0 Å². The molecule has 0 aromatic carbocycles. The number of hydrogen-bond acceptors (Lipinski definition) is 4. The summed E-state index contributed by atoms with van der Waals surface area (Å²) in [6.45, 7) is 7.68. The largest absolute Gasteiger partial charge is 0.379 e. The van der Waals surface area contributed by atoms with Gasteiger partial charge in [-0.2, -0.15) is 0 Å². The van der Waals surface area contributed by atoms with Crippen molar-refractivity contribution < 1.29 is 9.47 Å². The summed E-state index contributed by atoms with van der Waals surface area (Å²) in [5.41, 5.74) is 1.09. The molecule has 1 aromatic rings. The van der Waals surface area contributed by atoms with Gasteiger partial charge in [0.25, 0.3) is 0 Å². The van der Waals surface area contributed by atoms with Gasteiger partial charge in [0.05, 0.1) is 19.8 Å². The van der Waals surface area contributed by atoms with Gasteiger partial charge in [-0.25, -0.2) is 4.98 Å². The predicted molar refractivity (Wildman–Crippen MR) is 69.2 cm³/mol. The van der Waals surface area contributed by atoms with Gasteiger partial charge < -0.3 is 14.8 Å². The molecule has 0 amide bonds. The van der Waals surface area contributed by atoms with Gasteiger partial charge in [0, 0.05) is 19.3 Å². The first-order valence-electron chi connectivity index (χ1n) is 6.21. The molecule has 4 nitrogen and oxygen atoms in total. The van der Waals surface area contributed by atoms with Crippen LogP contribution < -0.4 is 5.32 Å². The van der Waals surface area contributed by atoms with Crippen molar-refractivity contribution in [2.75, 3.05) is 31.7 Å². The summed E-state index contributed by atoms with van der Waals surface area (Å²) in [5.74, 6) is 0.921. The fourth-order valence-electron chi connectivity index (χ4n) is 1.32. The predicted octanol–water partition coefficient (Wildman–Crippen LogP) is 2.46. The van der Waals surface area contributed by atoms with Gasteiger partial charge in [0.1, 0.15) is 5.82 Å². The third kappa shape index (κ3) is 6.24. The smallest absolute Gasteiger partial charge is 0.125 e. The molecular weight excluding hydrogens is 216 g/mol. The number of anilines is 1. The van der Waals surface area contributed by atoms with Crippen LogP contribution in [0.5, 0.6) is 0 Å². The Hall–Kier alpha value is -1.13. The minimum atomic E-state index is 0.591. The first-order valence-corrected chi connectivity index (χ1v) is 6.21. The number of nitrogens with zero attached hydrogens (tertiary/aromatic N) is 1. The number of nitrogens with one attached hydrogen (secondary N) is 1. The van der Waals surface area contributed by atoms with E-state index in [1.54, 1.807) is 0 Å². The Labute approximate surface area is 103 Å². The van der Waals surface area contributed by atoms with E-state index in [0.29, 0.717) is 19.8 Å². The Morgan fingerprint density at radius 1 is 1.18 bits per heavy atom. The van der Waals surface area contributed by atoms with Gasteiger partial charge in [-0.05, 0) is 25.0 Å². The number of hydrogen-bond donors (Lipinski definition) is 1. The molecule has 17 heavy (non-hydrogen) atoms. The molecule has 0 aliphatic heterocycles. The molecular formula is C13H22N2O2. The van der Waals surface area contributed by atoms with Gasteiger partial charge in [0.2, 0.25) is 0 Å². The zero-order chi connectivity index (χ0) is 12.3. The molecule has 1 heterocycles. The van der Waals surface area contributed by atoms with E-state index in [9.17, 15) is 0 Å². The van der Waals surface area contributed by atoms with E-state index < -0.39 is 0 Å². The summed E-state index contributed by atoms with van der Waals surface area (Å²) in [6, 6.07) is 4.02. The van der Waals surface area contributed by atoms with E-state index in [2.05, 4.69) is 17.2 Å². The maximum absolute atomic E-state index is 5.46. The van der Waals surface area contributed by atoms with Crippen LogP contribution in [-0.2, 0) is 16.1 Å². The minimum Gasteiger partial charge on any atom is -0.379 e. The molecule has 0 saturated heterocycles. The summed E-state index contributed by atoms with van der Waals surface area (Å²) in [5, 5.41) is 3.23. The number of ether oxygens (including phenoxy) is 2. The molecule has 0 aliphatic carbocycles. The lowest BCUT2D eigenvalue weighted by Crippen LogP contribution is -2.05. The van der Waals surface area contributed by atoms with E-state index in [4.69, 9.17) is 9.47 Å². The second-order valence-electron chi connectivity index (χ2n) is 3.73. The number of rotatable bonds is 9. The average molecular weight is 238 g/mol.